The van der Waals surface area contributed by atoms with Crippen LogP contribution < -0.4 is 0 Å². The molecule has 0 saturated heterocycles. The van der Waals surface area contributed by atoms with Crippen molar-refractivity contribution in [1.82, 2.24) is 4.98 Å². The predicted molar refractivity (Wildman–Crippen MR) is 102 cm³/mol. The van der Waals surface area contributed by atoms with Crippen molar-refractivity contribution in [2.24, 2.45) is 0 Å². The Morgan fingerprint density at radius 1 is 1.07 bits per heavy atom. The number of aromatic nitrogens is 1. The highest BCUT2D eigenvalue weighted by Crippen LogP contribution is 2.29. The molecule has 30 heavy (non-hydrogen) atoms. The third kappa shape index (κ3) is 5.59. The van der Waals surface area contributed by atoms with E-state index >= 15 is 0 Å². The number of rotatable bonds is 7. The molecule has 0 radical (unpaired) electrons. The van der Waals surface area contributed by atoms with E-state index in [0.717, 1.165) is 24.3 Å². The van der Waals surface area contributed by atoms with E-state index in [9.17, 15) is 27.6 Å². The number of aryl methyl sites for hydroxylation is 2. The third-order valence-corrected chi connectivity index (χ3v) is 4.10. The summed E-state index contributed by atoms with van der Waals surface area (Å²) in [5, 5.41) is 0. The average molecular weight is 423 g/mol. The Labute approximate surface area is 170 Å². The lowest BCUT2D eigenvalue weighted by Gasteiger charge is -2.07. The Morgan fingerprint density at radius 3 is 2.37 bits per heavy atom. The molecule has 1 heterocycles. The van der Waals surface area contributed by atoms with Crippen LogP contribution in [0.4, 0.5) is 13.2 Å². The van der Waals surface area contributed by atoms with E-state index in [-0.39, 0.29) is 23.3 Å². The molecule has 0 amide bonds. The van der Waals surface area contributed by atoms with E-state index in [2.05, 4.69) is 4.98 Å². The van der Waals surface area contributed by atoms with Gasteiger partial charge in [0, 0.05) is 17.5 Å². The molecular weight excluding hydrogens is 403 g/mol. The first-order valence-electron chi connectivity index (χ1n) is 8.96. The summed E-state index contributed by atoms with van der Waals surface area (Å²) in [6.07, 6.45) is -2.43. The highest BCUT2D eigenvalue weighted by molar-refractivity contribution is 6.09. The molecule has 0 aliphatic rings. The minimum absolute atomic E-state index is 0.0700. The van der Waals surface area contributed by atoms with Crippen molar-refractivity contribution >= 4 is 23.8 Å². The van der Waals surface area contributed by atoms with Crippen molar-refractivity contribution < 1.29 is 37.0 Å². The second-order valence-electron chi connectivity index (χ2n) is 6.33. The fraction of sp³-hybridized carbons (Fsp3) is 0.286. The van der Waals surface area contributed by atoms with E-state index in [0.29, 0.717) is 11.4 Å². The Morgan fingerprint density at radius 2 is 1.73 bits per heavy atom. The molecule has 1 aromatic carbocycles. The van der Waals surface area contributed by atoms with Crippen LogP contribution in [0.3, 0.4) is 0 Å². The Kier molecular flexibility index (Phi) is 7.20. The summed E-state index contributed by atoms with van der Waals surface area (Å²) < 4.78 is 48.0. The van der Waals surface area contributed by atoms with Gasteiger partial charge < -0.3 is 14.5 Å². The van der Waals surface area contributed by atoms with Crippen molar-refractivity contribution in [2.45, 2.75) is 26.9 Å². The smallest absolute Gasteiger partial charge is 0.416 e. The second kappa shape index (κ2) is 9.43. The number of halogens is 3. The zero-order valence-corrected chi connectivity index (χ0v) is 16.6. The molecule has 2 rings (SSSR count). The van der Waals surface area contributed by atoms with Crippen LogP contribution in [0, 0.1) is 13.8 Å². The maximum Gasteiger partial charge on any atom is 0.416 e. The molecule has 160 valence electrons. The minimum Gasteiger partial charge on any atom is -0.462 e. The fourth-order valence-corrected chi connectivity index (χ4v) is 2.83. The fourth-order valence-electron chi connectivity index (χ4n) is 2.83. The standard InChI is InChI=1S/C21H20F3NO5/c1-4-29-20(28)19-13(3)25-12(2)18(19)16(26)11-30-17(27)9-8-14-6-5-7-15(10-14)21(22,23)24/h5-10,25H,4,11H2,1-3H3/b9-8+. The second-order valence-corrected chi connectivity index (χ2v) is 6.33. The van der Waals surface area contributed by atoms with E-state index in [1.807, 2.05) is 0 Å². The third-order valence-electron chi connectivity index (χ3n) is 4.10. The first-order chi connectivity index (χ1) is 14.0. The van der Waals surface area contributed by atoms with Gasteiger partial charge in [-0.1, -0.05) is 12.1 Å². The number of hydrogen-bond donors (Lipinski definition) is 1. The van der Waals surface area contributed by atoms with Crippen LogP contribution >= 0.6 is 0 Å². The molecule has 0 aliphatic carbocycles. The average Bonchev–Trinajstić information content (AvgIpc) is 2.98. The summed E-state index contributed by atoms with van der Waals surface area (Å²) in [5.74, 6) is -2.19. The molecule has 2 aromatic rings. The van der Waals surface area contributed by atoms with Gasteiger partial charge in [0.2, 0.25) is 5.78 Å². The number of carbonyl (C=O) groups excluding carboxylic acids is 3. The van der Waals surface area contributed by atoms with E-state index < -0.39 is 36.1 Å². The lowest BCUT2D eigenvalue weighted by atomic mass is 10.1. The van der Waals surface area contributed by atoms with Gasteiger partial charge in [-0.25, -0.2) is 9.59 Å². The molecule has 0 bridgehead atoms. The van der Waals surface area contributed by atoms with Gasteiger partial charge in [0.15, 0.2) is 6.61 Å². The molecule has 0 fully saturated rings. The number of carbonyl (C=O) groups is 3. The van der Waals surface area contributed by atoms with E-state index in [1.165, 1.54) is 12.1 Å². The Bertz CT molecular complexity index is 989. The van der Waals surface area contributed by atoms with Gasteiger partial charge in [0.05, 0.1) is 23.3 Å². The SMILES string of the molecule is CCOC(=O)c1c(C)[nH]c(C)c1C(=O)COC(=O)/C=C/c1cccc(C(F)(F)F)c1. The Hall–Kier alpha value is -3.36. The van der Waals surface area contributed by atoms with Crippen LogP contribution in [0.15, 0.2) is 30.3 Å². The van der Waals surface area contributed by atoms with Gasteiger partial charge >= 0.3 is 18.1 Å². The summed E-state index contributed by atoms with van der Waals surface area (Å²) >= 11 is 0. The predicted octanol–water partition coefficient (Wildman–Crippen LogP) is 4.27. The topological polar surface area (TPSA) is 85.5 Å². The summed E-state index contributed by atoms with van der Waals surface area (Å²) in [7, 11) is 0. The van der Waals surface area contributed by atoms with Gasteiger partial charge in [0.25, 0.3) is 0 Å². The molecule has 0 atom stereocenters. The van der Waals surface area contributed by atoms with Gasteiger partial charge in [-0.05, 0) is 44.5 Å². The molecular formula is C21H20F3NO5. The lowest BCUT2D eigenvalue weighted by Crippen LogP contribution is -2.17. The van der Waals surface area contributed by atoms with E-state index in [1.54, 1.807) is 20.8 Å². The van der Waals surface area contributed by atoms with Crippen molar-refractivity contribution in [2.75, 3.05) is 13.2 Å². The van der Waals surface area contributed by atoms with Crippen LogP contribution in [0.5, 0.6) is 0 Å². The number of hydrogen-bond acceptors (Lipinski definition) is 5. The number of alkyl halides is 3. The highest BCUT2D eigenvalue weighted by atomic mass is 19.4. The van der Waals surface area contributed by atoms with Crippen molar-refractivity contribution in [3.8, 4) is 0 Å². The zero-order chi connectivity index (χ0) is 22.5. The lowest BCUT2D eigenvalue weighted by molar-refractivity contribution is -0.138. The molecule has 1 N–H and O–H groups in total. The largest absolute Gasteiger partial charge is 0.462 e. The number of Topliss-reactive ketones (excluding diaryl/α,β-unsaturated/α-hetero) is 1. The first-order valence-corrected chi connectivity index (χ1v) is 8.96. The maximum atomic E-state index is 12.7. The molecule has 1 aromatic heterocycles. The minimum atomic E-state index is -4.50. The van der Waals surface area contributed by atoms with Crippen molar-refractivity contribution in [3.63, 3.8) is 0 Å². The molecule has 0 aliphatic heterocycles. The highest BCUT2D eigenvalue weighted by Gasteiger charge is 2.30. The maximum absolute atomic E-state index is 12.7. The number of nitrogens with one attached hydrogen (secondary N) is 1. The zero-order valence-electron chi connectivity index (χ0n) is 16.6. The summed E-state index contributed by atoms with van der Waals surface area (Å²) in [5.41, 5.74) is 0.324. The molecule has 0 saturated carbocycles. The van der Waals surface area contributed by atoms with Crippen molar-refractivity contribution in [1.29, 1.82) is 0 Å². The quantitative estimate of drug-likeness (QED) is 0.409. The monoisotopic (exact) mass is 423 g/mol. The van der Waals surface area contributed by atoms with Gasteiger partial charge in [-0.15, -0.1) is 0 Å². The first kappa shape index (κ1) is 22.9. The van der Waals surface area contributed by atoms with E-state index in [4.69, 9.17) is 9.47 Å². The number of benzene rings is 1. The number of ether oxygens (including phenoxy) is 2. The molecule has 6 nitrogen and oxygen atoms in total. The van der Waals surface area contributed by atoms with Crippen LogP contribution in [0.2, 0.25) is 0 Å². The van der Waals surface area contributed by atoms with Crippen molar-refractivity contribution in [3.05, 3.63) is 64.0 Å². The summed E-state index contributed by atoms with van der Waals surface area (Å²) in [6, 6.07) is 4.40. The number of aromatic amines is 1. The van der Waals surface area contributed by atoms with Gasteiger partial charge in [0.1, 0.15) is 0 Å². The normalized spacial score (nSPS) is 11.5. The number of ketones is 1. The Balaban J connectivity index is 2.06. The summed E-state index contributed by atoms with van der Waals surface area (Å²) in [6.45, 7) is 4.33. The van der Waals surface area contributed by atoms with Crippen LogP contribution in [0.25, 0.3) is 6.08 Å². The number of H-pyrrole nitrogens is 1. The molecule has 0 unspecified atom stereocenters. The summed E-state index contributed by atoms with van der Waals surface area (Å²) in [4.78, 5) is 39.3. The van der Waals surface area contributed by atoms with Crippen LogP contribution in [-0.4, -0.2) is 35.9 Å². The van der Waals surface area contributed by atoms with Gasteiger partial charge in [-0.2, -0.15) is 13.2 Å². The van der Waals surface area contributed by atoms with Gasteiger partial charge in [-0.3, -0.25) is 4.79 Å². The number of esters is 2. The molecule has 0 spiro atoms. The molecule has 9 heteroatoms. The van der Waals surface area contributed by atoms with Crippen LogP contribution in [-0.2, 0) is 20.4 Å². The van der Waals surface area contributed by atoms with Crippen LogP contribution in [0.1, 0.15) is 50.2 Å².